The fraction of sp³-hybridized carbons (Fsp3) is 0.436. The molecule has 2 bridgehead atoms. The fourth-order valence-electron chi connectivity index (χ4n) is 8.85. The maximum atomic E-state index is 14.2. The fourth-order valence-corrected chi connectivity index (χ4v) is 8.85. The molecule has 1 amide bonds. The molecule has 3 aromatic rings. The Morgan fingerprint density at radius 1 is 0.918 bits per heavy atom. The van der Waals surface area contributed by atoms with Gasteiger partial charge in [-0.25, -0.2) is 0 Å². The molecule has 3 aromatic carbocycles. The van der Waals surface area contributed by atoms with Crippen LogP contribution in [-0.4, -0.2) is 77.9 Å². The molecule has 9 rings (SSSR count). The lowest BCUT2D eigenvalue weighted by atomic mass is 9.62. The average Bonchev–Trinajstić information content (AvgIpc) is 3.65. The van der Waals surface area contributed by atoms with E-state index in [1.54, 1.807) is 5.06 Å². The third kappa shape index (κ3) is 5.16. The number of benzene rings is 3. The molecule has 9 unspecified atom stereocenters. The second kappa shape index (κ2) is 12.2. The van der Waals surface area contributed by atoms with Crippen LogP contribution in [0.25, 0.3) is 6.08 Å². The number of aliphatic hydroxyl groups excluding tert-OH is 1. The zero-order valence-electron chi connectivity index (χ0n) is 27.1. The summed E-state index contributed by atoms with van der Waals surface area (Å²) in [5.74, 6) is -1.72. The van der Waals surface area contributed by atoms with Crippen molar-refractivity contribution in [1.29, 1.82) is 0 Å². The molecule has 4 saturated heterocycles. The van der Waals surface area contributed by atoms with Gasteiger partial charge in [0.25, 0.3) is 0 Å². The number of esters is 1. The van der Waals surface area contributed by atoms with Crippen LogP contribution in [-0.2, 0) is 45.7 Å². The van der Waals surface area contributed by atoms with Crippen LogP contribution in [0.4, 0.5) is 0 Å². The van der Waals surface area contributed by atoms with Crippen molar-refractivity contribution < 1.29 is 38.5 Å². The minimum atomic E-state index is -1.33. The van der Waals surface area contributed by atoms with E-state index in [-0.39, 0.29) is 32.0 Å². The molecule has 2 aliphatic carbocycles. The van der Waals surface area contributed by atoms with Crippen molar-refractivity contribution >= 4 is 18.0 Å². The van der Waals surface area contributed by atoms with Gasteiger partial charge in [0.1, 0.15) is 29.8 Å². The van der Waals surface area contributed by atoms with Crippen LogP contribution >= 0.6 is 0 Å². The van der Waals surface area contributed by atoms with Crippen molar-refractivity contribution in [2.75, 3.05) is 13.2 Å². The normalized spacial score (nSPS) is 35.4. The predicted molar refractivity (Wildman–Crippen MR) is 176 cm³/mol. The van der Waals surface area contributed by atoms with Crippen LogP contribution in [0.3, 0.4) is 0 Å². The number of nitrogens with zero attached hydrogens (tertiary/aromatic N) is 1. The van der Waals surface area contributed by atoms with E-state index in [1.165, 1.54) is 0 Å². The molecule has 2 saturated carbocycles. The van der Waals surface area contributed by atoms with E-state index in [1.807, 2.05) is 72.8 Å². The second-order valence-corrected chi connectivity index (χ2v) is 14.1. The summed E-state index contributed by atoms with van der Waals surface area (Å²) < 4.78 is 25.7. The number of fused-ring (bicyclic) bond motifs is 5. The predicted octanol–water partition coefficient (Wildman–Crippen LogP) is 3.86. The zero-order valence-corrected chi connectivity index (χ0v) is 27.1. The van der Waals surface area contributed by atoms with Gasteiger partial charge in [-0.3, -0.25) is 14.4 Å². The number of carbonyl (C=O) groups excluding carboxylic acids is 2. The van der Waals surface area contributed by atoms with Gasteiger partial charge in [-0.15, -0.1) is 0 Å². The van der Waals surface area contributed by atoms with E-state index in [9.17, 15) is 14.7 Å². The van der Waals surface area contributed by atoms with Crippen LogP contribution in [0.2, 0.25) is 0 Å². The largest absolute Gasteiger partial charge is 0.458 e. The highest BCUT2D eigenvalue weighted by atomic mass is 16.8. The van der Waals surface area contributed by atoms with Crippen molar-refractivity contribution in [3.05, 3.63) is 113 Å². The first kappa shape index (κ1) is 31.1. The van der Waals surface area contributed by atoms with E-state index in [2.05, 4.69) is 29.6 Å². The van der Waals surface area contributed by atoms with E-state index >= 15 is 0 Å². The summed E-state index contributed by atoms with van der Waals surface area (Å²) in [7, 11) is 0. The Morgan fingerprint density at radius 3 is 2.41 bits per heavy atom. The van der Waals surface area contributed by atoms with Crippen LogP contribution in [0.5, 0.6) is 0 Å². The Kier molecular flexibility index (Phi) is 7.72. The summed E-state index contributed by atoms with van der Waals surface area (Å²) in [6, 6.07) is 26.5. The first-order chi connectivity index (χ1) is 24.0. The maximum Gasteiger partial charge on any atom is 0.327 e. The third-order valence-corrected chi connectivity index (χ3v) is 11.2. The minimum Gasteiger partial charge on any atom is -0.458 e. The number of nitrogens with one attached hydrogen (secondary N) is 1. The highest BCUT2D eigenvalue weighted by Gasteiger charge is 2.76. The van der Waals surface area contributed by atoms with Crippen molar-refractivity contribution in [2.45, 2.75) is 80.7 Å². The minimum absolute atomic E-state index is 0.0477. The summed E-state index contributed by atoms with van der Waals surface area (Å²) in [6.07, 6.45) is 5.79. The lowest BCUT2D eigenvalue weighted by Crippen LogP contribution is -2.69. The van der Waals surface area contributed by atoms with Crippen LogP contribution in [0.1, 0.15) is 47.9 Å². The van der Waals surface area contributed by atoms with E-state index in [4.69, 9.17) is 23.8 Å². The number of allylic oxidation sites excluding steroid dienone is 1. The molecule has 10 heteroatoms. The van der Waals surface area contributed by atoms with E-state index in [0.717, 1.165) is 41.5 Å². The molecule has 49 heavy (non-hydrogen) atoms. The molecule has 0 radical (unpaired) electrons. The van der Waals surface area contributed by atoms with E-state index in [0.29, 0.717) is 18.1 Å². The summed E-state index contributed by atoms with van der Waals surface area (Å²) in [5.41, 5.74) is 2.22. The number of epoxide rings is 1. The molecule has 0 aromatic heterocycles. The highest BCUT2D eigenvalue weighted by Crippen LogP contribution is 2.59. The zero-order chi connectivity index (χ0) is 33.2. The molecule has 6 aliphatic rings. The number of hydrogen-bond acceptors (Lipinski definition) is 9. The van der Waals surface area contributed by atoms with Crippen LogP contribution < -0.4 is 5.32 Å². The molecular weight excluding hydrogens is 624 g/mol. The quantitative estimate of drug-likeness (QED) is 0.260. The Hall–Kier alpha value is -3.90. The standard InChI is InChI=1S/C39H40N2O8/c42-19-18-40-37(44)38-22-31-32-33(48-39(47-32,27-10-3-1-4-11-27)28-12-5-2-6-13-28)35(38)49-41(34(38)36(43)46-31)23-26-9-7-8-24(20-26)14-15-25-16-17-29-30(21-25)45-29/h1-15,20,25,29-35,42H,16-19,21-23H2,(H,40,44). The summed E-state index contributed by atoms with van der Waals surface area (Å²) in [5, 5.41) is 14.1. The number of aliphatic hydroxyl groups is 1. The number of rotatable bonds is 9. The summed E-state index contributed by atoms with van der Waals surface area (Å²) in [6.45, 7) is 0.0628. The molecule has 254 valence electrons. The van der Waals surface area contributed by atoms with Gasteiger partial charge in [0.2, 0.25) is 11.7 Å². The second-order valence-electron chi connectivity index (χ2n) is 14.1. The lowest BCUT2D eigenvalue weighted by Gasteiger charge is -2.48. The van der Waals surface area contributed by atoms with Crippen molar-refractivity contribution in [2.24, 2.45) is 11.3 Å². The number of amides is 1. The average molecular weight is 665 g/mol. The molecule has 4 heterocycles. The van der Waals surface area contributed by atoms with Gasteiger partial charge in [0.15, 0.2) is 6.04 Å². The number of hydrogen-bond donors (Lipinski definition) is 2. The van der Waals surface area contributed by atoms with Crippen molar-refractivity contribution in [3.8, 4) is 0 Å². The maximum absolute atomic E-state index is 14.2. The summed E-state index contributed by atoms with van der Waals surface area (Å²) >= 11 is 0. The van der Waals surface area contributed by atoms with Gasteiger partial charge >= 0.3 is 5.97 Å². The van der Waals surface area contributed by atoms with Gasteiger partial charge < -0.3 is 29.4 Å². The molecule has 2 N–H and O–H groups in total. The highest BCUT2D eigenvalue weighted by molar-refractivity contribution is 5.93. The first-order valence-corrected chi connectivity index (χ1v) is 17.4. The van der Waals surface area contributed by atoms with Crippen LogP contribution in [0.15, 0.2) is 91.0 Å². The number of carbonyl (C=O) groups is 2. The lowest BCUT2D eigenvalue weighted by molar-refractivity contribution is -0.213. The Balaban J connectivity index is 1.06. The third-order valence-electron chi connectivity index (χ3n) is 11.2. The molecule has 9 atom stereocenters. The van der Waals surface area contributed by atoms with Gasteiger partial charge in [-0.2, -0.15) is 5.06 Å². The van der Waals surface area contributed by atoms with Gasteiger partial charge in [-0.05, 0) is 36.3 Å². The Bertz CT molecular complexity index is 1710. The Labute approximate surface area is 284 Å². The molecule has 10 nitrogen and oxygen atoms in total. The number of ether oxygens (including phenoxy) is 4. The Morgan fingerprint density at radius 2 is 1.67 bits per heavy atom. The first-order valence-electron chi connectivity index (χ1n) is 17.4. The smallest absolute Gasteiger partial charge is 0.327 e. The molecular formula is C39H40N2O8. The molecule has 6 fully saturated rings. The summed E-state index contributed by atoms with van der Waals surface area (Å²) in [4.78, 5) is 35.0. The monoisotopic (exact) mass is 664 g/mol. The van der Waals surface area contributed by atoms with Gasteiger partial charge in [0, 0.05) is 24.1 Å². The van der Waals surface area contributed by atoms with Gasteiger partial charge in [0.05, 0.1) is 25.4 Å². The topological polar surface area (TPSA) is 119 Å². The number of hydroxylamine groups is 2. The SMILES string of the molecule is O=C1OC2CC3(C(=O)NCCO)C(ON(Cc4cccc(C=CC5CCC6OC6C5)c4)C13)C1OC(c3ccccc3)(c3ccccc3)OC21. The molecule has 0 spiro atoms. The molecule has 4 aliphatic heterocycles. The van der Waals surface area contributed by atoms with Crippen molar-refractivity contribution in [1.82, 2.24) is 10.4 Å². The van der Waals surface area contributed by atoms with Gasteiger partial charge in [-0.1, -0.05) is 97.1 Å². The van der Waals surface area contributed by atoms with Crippen molar-refractivity contribution in [3.63, 3.8) is 0 Å². The van der Waals surface area contributed by atoms with Crippen LogP contribution in [0, 0.1) is 11.3 Å². The van der Waals surface area contributed by atoms with E-state index < -0.39 is 47.6 Å².